The van der Waals surface area contributed by atoms with Crippen LogP contribution in [0.15, 0.2) is 109 Å². The van der Waals surface area contributed by atoms with Crippen LogP contribution in [0.25, 0.3) is 0 Å². The Hall–Kier alpha value is -8.14. The molecule has 690 valence electrons. The van der Waals surface area contributed by atoms with Crippen molar-refractivity contribution in [1.29, 1.82) is 0 Å². The van der Waals surface area contributed by atoms with Crippen LogP contribution in [0.1, 0.15) is 440 Å². The summed E-state index contributed by atoms with van der Waals surface area (Å²) in [5.74, 6) is 2.29. The van der Waals surface area contributed by atoms with E-state index in [0.29, 0.717) is 71.7 Å². The van der Waals surface area contributed by atoms with Crippen LogP contribution in [0.2, 0.25) is 0 Å². The molecule has 4 unspecified atom stereocenters. The van der Waals surface area contributed by atoms with Crippen LogP contribution in [0.5, 0.6) is 23.0 Å². The van der Waals surface area contributed by atoms with Gasteiger partial charge in [0, 0.05) is 27.7 Å². The van der Waals surface area contributed by atoms with Gasteiger partial charge in [-0.15, -0.1) is 0 Å². The van der Waals surface area contributed by atoms with E-state index in [1.807, 2.05) is 0 Å². The minimum atomic E-state index is -0.392. The van der Waals surface area contributed by atoms with E-state index >= 15 is 0 Å². The van der Waals surface area contributed by atoms with Gasteiger partial charge >= 0.3 is 47.8 Å². The van der Waals surface area contributed by atoms with Crippen molar-refractivity contribution in [1.82, 2.24) is 0 Å². The zero-order valence-electron chi connectivity index (χ0n) is 78.2. The number of benzene rings is 5. The molecular formula is C108H162O16. The van der Waals surface area contributed by atoms with Crippen LogP contribution in [0, 0.1) is 23.7 Å². The molecule has 1 aliphatic rings. The molecule has 0 bridgehead atoms. The van der Waals surface area contributed by atoms with Crippen molar-refractivity contribution in [2.75, 3.05) is 26.4 Å². The SMILES string of the molecule is CCCCCCCCC1C(CCCCCC)CCC(CCCCCCCCOC(=O)c2ccc(OC(C)=O)cc2)C1CCCCCCCCOC(=O)c1ccc(OC(C)=O)cc1.CCCCCCCCc1c(CCCCCC)ccc(CCCCCCCCOC(=O)c2ccc(OC(C)=O)cc2)c1CCCCCCCCOC(=O)c1ccc(OC(C)=O)cc1. The first-order valence-corrected chi connectivity index (χ1v) is 49.4. The lowest BCUT2D eigenvalue weighted by Crippen LogP contribution is -2.35. The second-order valence-corrected chi connectivity index (χ2v) is 35.1. The fraction of sp³-hybridized carbons (Fsp3) is 0.648. The molecule has 124 heavy (non-hydrogen) atoms. The molecule has 0 aliphatic heterocycles. The average molecular weight is 1720 g/mol. The summed E-state index contributed by atoms with van der Waals surface area (Å²) in [6.07, 6.45) is 67.3. The lowest BCUT2D eigenvalue weighted by Gasteiger charge is -2.44. The molecule has 1 saturated carbocycles. The van der Waals surface area contributed by atoms with Crippen LogP contribution in [0.4, 0.5) is 0 Å². The summed E-state index contributed by atoms with van der Waals surface area (Å²) in [4.78, 5) is 94.4. The van der Waals surface area contributed by atoms with Crippen LogP contribution in [0.3, 0.4) is 0 Å². The van der Waals surface area contributed by atoms with Crippen molar-refractivity contribution in [2.24, 2.45) is 23.7 Å². The standard InChI is InChI=1S/C54H84O8.C54H78O8/c2*1-5-7-9-11-17-23-29-51-45(27-21-10-8-6-2)31-32-46(28-22-16-12-14-19-25-41-59-53(57)47-33-37-49(38-34-47)61-43(3)55)52(51)30-24-18-13-15-20-26-42-60-54(58)48-35-39-50(40-36-48)62-44(4)56/h33-40,45-46,51-52H,5-32,41-42H2,1-4H3;31-40H,5-30,41-42H2,1-4H3. The highest BCUT2D eigenvalue weighted by Gasteiger charge is 2.38. The summed E-state index contributed by atoms with van der Waals surface area (Å²) in [5, 5.41) is 0. The molecule has 0 heterocycles. The van der Waals surface area contributed by atoms with Gasteiger partial charge in [-0.3, -0.25) is 19.2 Å². The van der Waals surface area contributed by atoms with Gasteiger partial charge in [0.2, 0.25) is 0 Å². The number of rotatable bonds is 68. The Morgan fingerprint density at radius 2 is 0.435 bits per heavy atom. The number of esters is 8. The molecule has 5 aromatic carbocycles. The second-order valence-electron chi connectivity index (χ2n) is 35.1. The number of ether oxygens (including phenoxy) is 8. The Bertz CT molecular complexity index is 3690. The van der Waals surface area contributed by atoms with E-state index in [2.05, 4.69) is 39.8 Å². The fourth-order valence-electron chi connectivity index (χ4n) is 17.8. The summed E-state index contributed by atoms with van der Waals surface area (Å²) in [6, 6.07) is 30.9. The van der Waals surface area contributed by atoms with E-state index in [9.17, 15) is 38.4 Å². The molecule has 1 fully saturated rings. The van der Waals surface area contributed by atoms with Crippen LogP contribution < -0.4 is 18.9 Å². The molecule has 0 radical (unpaired) electrons. The number of unbranched alkanes of at least 4 members (excludes halogenated alkanes) is 36. The molecular weight excluding hydrogens is 1550 g/mol. The van der Waals surface area contributed by atoms with E-state index in [4.69, 9.17) is 37.9 Å². The Morgan fingerprint density at radius 3 is 0.685 bits per heavy atom. The predicted molar refractivity (Wildman–Crippen MR) is 501 cm³/mol. The van der Waals surface area contributed by atoms with Crippen LogP contribution in [-0.4, -0.2) is 74.2 Å². The lowest BCUT2D eigenvalue weighted by atomic mass is 9.61. The normalized spacial score (nSPS) is 14.2. The van der Waals surface area contributed by atoms with E-state index in [0.717, 1.165) is 101 Å². The van der Waals surface area contributed by atoms with Crippen molar-refractivity contribution < 1.29 is 76.3 Å². The molecule has 0 saturated heterocycles. The molecule has 0 aromatic heterocycles. The zero-order chi connectivity index (χ0) is 89.3. The molecule has 0 spiro atoms. The molecule has 6 rings (SSSR count). The van der Waals surface area contributed by atoms with Gasteiger partial charge in [-0.2, -0.15) is 0 Å². The second kappa shape index (κ2) is 68.1. The third-order valence-electron chi connectivity index (χ3n) is 24.6. The van der Waals surface area contributed by atoms with Gasteiger partial charge in [-0.1, -0.05) is 284 Å². The third kappa shape index (κ3) is 48.0. The lowest BCUT2D eigenvalue weighted by molar-refractivity contribution is -0.132. The van der Waals surface area contributed by atoms with Gasteiger partial charge in [0.1, 0.15) is 23.0 Å². The van der Waals surface area contributed by atoms with E-state index in [1.165, 1.54) is 297 Å². The van der Waals surface area contributed by atoms with Crippen LogP contribution in [-0.2, 0) is 63.8 Å². The Balaban J connectivity index is 0.000000440. The zero-order valence-corrected chi connectivity index (χ0v) is 78.2. The average Bonchev–Trinajstić information content (AvgIpc) is 0.819. The fourth-order valence-corrected chi connectivity index (χ4v) is 17.8. The van der Waals surface area contributed by atoms with E-state index in [1.54, 1.807) is 119 Å². The first kappa shape index (κ1) is 106. The highest BCUT2D eigenvalue weighted by atomic mass is 16.6. The maximum atomic E-state index is 12.5. The van der Waals surface area contributed by atoms with E-state index < -0.39 is 11.9 Å². The van der Waals surface area contributed by atoms with E-state index in [-0.39, 0.29) is 35.8 Å². The summed E-state index contributed by atoms with van der Waals surface area (Å²) in [6.45, 7) is 16.3. The molecule has 16 heteroatoms. The quantitative estimate of drug-likeness (QED) is 0.0153. The maximum absolute atomic E-state index is 12.5. The van der Waals surface area contributed by atoms with Crippen LogP contribution >= 0.6 is 0 Å². The number of aryl methyl sites for hydroxylation is 2. The first-order valence-electron chi connectivity index (χ1n) is 49.4. The molecule has 0 amide bonds. The largest absolute Gasteiger partial charge is 0.462 e. The predicted octanol–water partition coefficient (Wildman–Crippen LogP) is 29.0. The highest BCUT2D eigenvalue weighted by molar-refractivity contribution is 5.91. The minimum absolute atomic E-state index is 0.333. The summed E-state index contributed by atoms with van der Waals surface area (Å²) in [7, 11) is 0. The first-order chi connectivity index (χ1) is 60.4. The number of hydrogen-bond acceptors (Lipinski definition) is 16. The Morgan fingerprint density at radius 1 is 0.234 bits per heavy atom. The van der Waals surface area contributed by atoms with Gasteiger partial charge in [0.05, 0.1) is 48.7 Å². The topological polar surface area (TPSA) is 210 Å². The third-order valence-corrected chi connectivity index (χ3v) is 24.6. The van der Waals surface area contributed by atoms with Gasteiger partial charge < -0.3 is 37.9 Å². The Labute approximate surface area is 748 Å². The summed E-state index contributed by atoms with van der Waals surface area (Å²) < 4.78 is 42.2. The van der Waals surface area contributed by atoms with Gasteiger partial charge in [0.15, 0.2) is 0 Å². The van der Waals surface area contributed by atoms with Crippen molar-refractivity contribution >= 4 is 47.8 Å². The monoisotopic (exact) mass is 1720 g/mol. The van der Waals surface area contributed by atoms with Gasteiger partial charge in [-0.05, 0) is 246 Å². The molecule has 1 aliphatic carbocycles. The maximum Gasteiger partial charge on any atom is 0.338 e. The van der Waals surface area contributed by atoms with Gasteiger partial charge in [-0.25, -0.2) is 19.2 Å². The van der Waals surface area contributed by atoms with Crippen molar-refractivity contribution in [3.05, 3.63) is 154 Å². The molecule has 5 aromatic rings. The summed E-state index contributed by atoms with van der Waals surface area (Å²) >= 11 is 0. The number of hydrogen-bond donors (Lipinski definition) is 0. The number of carbonyl (C=O) groups is 8. The highest BCUT2D eigenvalue weighted by Crippen LogP contribution is 2.48. The van der Waals surface area contributed by atoms with Gasteiger partial charge in [0.25, 0.3) is 0 Å². The van der Waals surface area contributed by atoms with Crippen molar-refractivity contribution in [3.63, 3.8) is 0 Å². The summed E-state index contributed by atoms with van der Waals surface area (Å²) in [5.41, 5.74) is 8.35. The smallest absolute Gasteiger partial charge is 0.338 e. The Kier molecular flexibility index (Phi) is 58.4. The molecule has 0 N–H and O–H groups in total. The van der Waals surface area contributed by atoms with Crippen molar-refractivity contribution in [3.8, 4) is 23.0 Å². The minimum Gasteiger partial charge on any atom is -0.462 e. The van der Waals surface area contributed by atoms with Crippen molar-refractivity contribution in [2.45, 2.75) is 402 Å². The molecule has 4 atom stereocenters. The molecule has 16 nitrogen and oxygen atoms in total. The number of carbonyl (C=O) groups excluding carboxylic acids is 8.